The smallest absolute Gasteiger partial charge is 0.323 e. The molecule has 0 spiro atoms. The van der Waals surface area contributed by atoms with Crippen molar-refractivity contribution in [3.63, 3.8) is 0 Å². The van der Waals surface area contributed by atoms with E-state index in [1.807, 2.05) is 97.9 Å². The van der Waals surface area contributed by atoms with Crippen LogP contribution in [0.3, 0.4) is 0 Å². The molecule has 5 rings (SSSR count). The number of hydrogen-bond donors (Lipinski definition) is 2. The van der Waals surface area contributed by atoms with E-state index in [1.165, 1.54) is 4.90 Å². The van der Waals surface area contributed by atoms with Crippen LogP contribution in [0.1, 0.15) is 39.0 Å². The number of carbonyl (C=O) groups excluding carboxylic acids is 3. The maximum absolute atomic E-state index is 14.2. The summed E-state index contributed by atoms with van der Waals surface area (Å²) in [7, 11) is 0. The topological polar surface area (TPSA) is 92.5 Å². The highest BCUT2D eigenvalue weighted by atomic mass is 16.2. The molecule has 4 atom stereocenters. The third-order valence-corrected chi connectivity index (χ3v) is 7.18. The van der Waals surface area contributed by atoms with Crippen molar-refractivity contribution in [2.24, 2.45) is 11.7 Å². The number of amides is 3. The largest absolute Gasteiger partial charge is 0.368 e. The Hall–Kier alpha value is -4.71. The Labute approximate surface area is 222 Å². The molecule has 3 amide bonds. The first-order valence-electron chi connectivity index (χ1n) is 12.6. The van der Waals surface area contributed by atoms with Gasteiger partial charge < -0.3 is 16.0 Å². The Morgan fingerprint density at radius 1 is 0.711 bits per heavy atom. The van der Waals surface area contributed by atoms with E-state index in [0.29, 0.717) is 11.3 Å². The minimum Gasteiger partial charge on any atom is -0.368 e. The molecule has 0 bridgehead atoms. The highest BCUT2D eigenvalue weighted by Gasteiger charge is 2.57. The minimum atomic E-state index is -1.05. The molecule has 0 radical (unpaired) electrons. The molecule has 1 fully saturated rings. The number of primary amides is 1. The summed E-state index contributed by atoms with van der Waals surface area (Å²) >= 11 is 0. The number of Topliss-reactive ketones (excluding diaryl/α,β-unsaturated/α-hetero) is 1. The number of benzene rings is 4. The van der Waals surface area contributed by atoms with Gasteiger partial charge in [-0.1, -0.05) is 109 Å². The van der Waals surface area contributed by atoms with Crippen LogP contribution in [0.4, 0.5) is 10.5 Å². The molecule has 3 N–H and O–H groups in total. The Bertz CT molecular complexity index is 1420. The Morgan fingerprint density at radius 2 is 1.24 bits per heavy atom. The molecule has 6 heteroatoms. The van der Waals surface area contributed by atoms with Crippen LogP contribution in [0.2, 0.25) is 0 Å². The fourth-order valence-corrected chi connectivity index (χ4v) is 5.49. The molecular formula is C32H29N3O3. The molecule has 190 valence electrons. The Balaban J connectivity index is 1.69. The summed E-state index contributed by atoms with van der Waals surface area (Å²) in [6, 6.07) is 32.9. The minimum absolute atomic E-state index is 0.148. The zero-order valence-electron chi connectivity index (χ0n) is 21.0. The fourth-order valence-electron chi connectivity index (χ4n) is 5.49. The number of nitrogens with zero attached hydrogens (tertiary/aromatic N) is 1. The van der Waals surface area contributed by atoms with E-state index in [4.69, 9.17) is 5.73 Å². The average molecular weight is 504 g/mol. The average Bonchev–Trinajstić information content (AvgIpc) is 3.32. The van der Waals surface area contributed by atoms with Crippen molar-refractivity contribution in [3.05, 3.63) is 138 Å². The van der Waals surface area contributed by atoms with Gasteiger partial charge in [0.15, 0.2) is 5.78 Å². The predicted octanol–water partition coefficient (Wildman–Crippen LogP) is 5.72. The van der Waals surface area contributed by atoms with E-state index >= 15 is 0 Å². The number of nitrogens with two attached hydrogens (primary N) is 1. The summed E-state index contributed by atoms with van der Waals surface area (Å²) in [5.74, 6) is -2.20. The molecule has 1 heterocycles. The lowest BCUT2D eigenvalue weighted by atomic mass is 9.76. The summed E-state index contributed by atoms with van der Waals surface area (Å²) in [6.45, 7) is 1.96. The highest BCUT2D eigenvalue weighted by Crippen LogP contribution is 2.51. The molecule has 0 aliphatic carbocycles. The molecule has 1 aliphatic rings. The lowest BCUT2D eigenvalue weighted by Gasteiger charge is -2.31. The normalized spacial score (nSPS) is 20.6. The van der Waals surface area contributed by atoms with Gasteiger partial charge in [0.25, 0.3) is 0 Å². The third kappa shape index (κ3) is 4.81. The summed E-state index contributed by atoms with van der Waals surface area (Å²) in [5, 5.41) is 2.93. The molecule has 1 aliphatic heterocycles. The number of carbonyl (C=O) groups is 3. The fraction of sp³-hybridized carbons (Fsp3) is 0.156. The summed E-state index contributed by atoms with van der Waals surface area (Å²) in [4.78, 5) is 42.9. The van der Waals surface area contributed by atoms with Crippen LogP contribution < -0.4 is 11.1 Å². The van der Waals surface area contributed by atoms with Crippen molar-refractivity contribution in [1.82, 2.24) is 4.90 Å². The summed E-state index contributed by atoms with van der Waals surface area (Å²) in [6.07, 6.45) is 0. The molecule has 0 aromatic heterocycles. The molecule has 4 aromatic rings. The molecular weight excluding hydrogens is 474 g/mol. The van der Waals surface area contributed by atoms with E-state index in [2.05, 4.69) is 5.32 Å². The second-order valence-electron chi connectivity index (χ2n) is 9.60. The number of anilines is 1. The molecule has 0 saturated carbocycles. The predicted molar refractivity (Wildman–Crippen MR) is 148 cm³/mol. The number of nitrogens with one attached hydrogen (secondary N) is 1. The van der Waals surface area contributed by atoms with Crippen molar-refractivity contribution in [2.45, 2.75) is 24.9 Å². The first kappa shape index (κ1) is 25.0. The number of aryl methyl sites for hydroxylation is 1. The van der Waals surface area contributed by atoms with E-state index in [9.17, 15) is 14.4 Å². The van der Waals surface area contributed by atoms with Gasteiger partial charge in [-0.15, -0.1) is 0 Å². The van der Waals surface area contributed by atoms with Crippen LogP contribution in [0.25, 0.3) is 0 Å². The van der Waals surface area contributed by atoms with Crippen LogP contribution >= 0.6 is 0 Å². The lowest BCUT2D eigenvalue weighted by molar-refractivity contribution is -0.122. The maximum Gasteiger partial charge on any atom is 0.323 e. The van der Waals surface area contributed by atoms with Crippen molar-refractivity contribution in [1.29, 1.82) is 0 Å². The molecule has 4 unspecified atom stereocenters. The molecule has 4 aromatic carbocycles. The zero-order valence-corrected chi connectivity index (χ0v) is 21.0. The number of rotatable bonds is 6. The molecule has 38 heavy (non-hydrogen) atoms. The van der Waals surface area contributed by atoms with Crippen molar-refractivity contribution in [3.8, 4) is 0 Å². The molecule has 1 saturated heterocycles. The van der Waals surface area contributed by atoms with Gasteiger partial charge in [-0.05, 0) is 30.2 Å². The van der Waals surface area contributed by atoms with Crippen LogP contribution in [-0.4, -0.2) is 28.7 Å². The quantitative estimate of drug-likeness (QED) is 0.330. The first-order valence-corrected chi connectivity index (χ1v) is 12.6. The van der Waals surface area contributed by atoms with E-state index in [0.717, 1.165) is 16.7 Å². The highest BCUT2D eigenvalue weighted by molar-refractivity contribution is 6.02. The summed E-state index contributed by atoms with van der Waals surface area (Å²) in [5.41, 5.74) is 9.73. The van der Waals surface area contributed by atoms with Gasteiger partial charge in [-0.2, -0.15) is 0 Å². The van der Waals surface area contributed by atoms with Crippen LogP contribution in [0.5, 0.6) is 0 Å². The summed E-state index contributed by atoms with van der Waals surface area (Å²) < 4.78 is 0. The van der Waals surface area contributed by atoms with E-state index < -0.39 is 35.9 Å². The number of urea groups is 1. The Kier molecular flexibility index (Phi) is 7.05. The number of ketones is 1. The number of hydrogen-bond acceptors (Lipinski definition) is 3. The molecule has 6 nitrogen and oxygen atoms in total. The van der Waals surface area contributed by atoms with E-state index in [-0.39, 0.29) is 5.78 Å². The zero-order chi connectivity index (χ0) is 26.6. The van der Waals surface area contributed by atoms with Crippen molar-refractivity contribution in [2.75, 3.05) is 5.32 Å². The van der Waals surface area contributed by atoms with Gasteiger partial charge in [-0.3, -0.25) is 9.59 Å². The van der Waals surface area contributed by atoms with Gasteiger partial charge in [0.2, 0.25) is 5.91 Å². The Morgan fingerprint density at radius 3 is 1.79 bits per heavy atom. The van der Waals surface area contributed by atoms with Gasteiger partial charge >= 0.3 is 6.03 Å². The third-order valence-electron chi connectivity index (χ3n) is 7.18. The van der Waals surface area contributed by atoms with Crippen LogP contribution in [0, 0.1) is 12.8 Å². The van der Waals surface area contributed by atoms with Crippen LogP contribution in [-0.2, 0) is 4.79 Å². The van der Waals surface area contributed by atoms with Crippen molar-refractivity contribution >= 4 is 23.4 Å². The monoisotopic (exact) mass is 503 g/mol. The second kappa shape index (κ2) is 10.7. The maximum atomic E-state index is 14.2. The first-order chi connectivity index (χ1) is 18.5. The van der Waals surface area contributed by atoms with Gasteiger partial charge in [0.1, 0.15) is 6.04 Å². The SMILES string of the molecule is Cc1ccc(NC(=O)N2C(C(N)=O)C(c3ccccc3)C(C(=O)c3ccccc3)C2c2ccccc2)cc1. The van der Waals surface area contributed by atoms with E-state index in [1.54, 1.807) is 24.3 Å². The second-order valence-corrected chi connectivity index (χ2v) is 9.60. The van der Waals surface area contributed by atoms with Gasteiger partial charge in [0.05, 0.1) is 12.0 Å². The lowest BCUT2D eigenvalue weighted by Crippen LogP contribution is -2.48. The standard InChI is InChI=1S/C32H29N3O3/c1-21-17-19-25(20-18-21)34-32(38)35-28(23-13-7-3-8-14-23)27(30(36)24-15-9-4-10-16-24)26(29(35)31(33)37)22-11-5-2-6-12-22/h2-20,26-29H,1H3,(H2,33,37)(H,34,38). The van der Waals surface area contributed by atoms with Crippen molar-refractivity contribution < 1.29 is 14.4 Å². The van der Waals surface area contributed by atoms with Crippen LogP contribution in [0.15, 0.2) is 115 Å². The van der Waals surface area contributed by atoms with Gasteiger partial charge in [0, 0.05) is 17.2 Å². The van der Waals surface area contributed by atoms with Gasteiger partial charge in [-0.25, -0.2) is 4.79 Å². The number of likely N-dealkylation sites (tertiary alicyclic amines) is 1.